The Morgan fingerprint density at radius 2 is 1.61 bits per heavy atom. The molecule has 0 aromatic heterocycles. The lowest BCUT2D eigenvalue weighted by molar-refractivity contribution is -0.133. The van der Waals surface area contributed by atoms with Gasteiger partial charge in [0.25, 0.3) is 0 Å². The van der Waals surface area contributed by atoms with Crippen molar-refractivity contribution in [2.45, 2.75) is 25.9 Å². The molecular weight excluding hydrogens is 428 g/mol. The zero-order chi connectivity index (χ0) is 22.8. The predicted molar refractivity (Wildman–Crippen MR) is 112 cm³/mol. The summed E-state index contributed by atoms with van der Waals surface area (Å²) in [4.78, 5) is 27.4. The first-order valence-corrected chi connectivity index (χ1v) is 11.3. The number of halogens is 2. The van der Waals surface area contributed by atoms with Crippen LogP contribution in [0.25, 0.3) is 0 Å². The summed E-state index contributed by atoms with van der Waals surface area (Å²) in [5.41, 5.74) is -0.679. The summed E-state index contributed by atoms with van der Waals surface area (Å²) in [5.74, 6) is -2.34. The smallest absolute Gasteiger partial charge is 0.247 e. The molecule has 3 rings (SSSR count). The first-order chi connectivity index (χ1) is 14.6. The molecule has 31 heavy (non-hydrogen) atoms. The Bertz CT molecular complexity index is 1070. The molecule has 2 aromatic rings. The summed E-state index contributed by atoms with van der Waals surface area (Å²) in [6.45, 7) is 2.29. The van der Waals surface area contributed by atoms with Gasteiger partial charge in [0.05, 0.1) is 12.3 Å². The quantitative estimate of drug-likeness (QED) is 0.728. The molecule has 1 heterocycles. The van der Waals surface area contributed by atoms with Crippen LogP contribution in [-0.4, -0.2) is 48.9 Å². The topological polar surface area (TPSA) is 86.8 Å². The van der Waals surface area contributed by atoms with Gasteiger partial charge in [0.15, 0.2) is 0 Å². The number of benzene rings is 2. The van der Waals surface area contributed by atoms with Crippen LogP contribution >= 0.6 is 0 Å². The van der Waals surface area contributed by atoms with E-state index in [9.17, 15) is 26.8 Å². The summed E-state index contributed by atoms with van der Waals surface area (Å²) in [5, 5.41) is 2.70. The Labute approximate surface area is 179 Å². The molecule has 0 bridgehead atoms. The highest BCUT2D eigenvalue weighted by Crippen LogP contribution is 2.31. The maximum Gasteiger partial charge on any atom is 0.247 e. The number of nitrogens with one attached hydrogen (secondary N) is 1. The van der Waals surface area contributed by atoms with Crippen LogP contribution in [-0.2, 0) is 26.2 Å². The molecule has 10 heteroatoms. The van der Waals surface area contributed by atoms with E-state index in [0.717, 1.165) is 16.4 Å². The molecule has 1 atom stereocenters. The lowest BCUT2D eigenvalue weighted by Gasteiger charge is -2.46. The van der Waals surface area contributed by atoms with Crippen molar-refractivity contribution in [3.05, 3.63) is 65.7 Å². The summed E-state index contributed by atoms with van der Waals surface area (Å²) in [6.07, 6.45) is 0. The molecule has 2 aromatic carbocycles. The number of anilines is 1. The molecule has 7 nitrogen and oxygen atoms in total. The van der Waals surface area contributed by atoms with E-state index in [-0.39, 0.29) is 24.5 Å². The van der Waals surface area contributed by atoms with Crippen molar-refractivity contribution >= 4 is 27.5 Å². The number of carbonyl (C=O) groups is 2. The van der Waals surface area contributed by atoms with E-state index in [0.29, 0.717) is 5.56 Å². The molecule has 2 amide bonds. The molecule has 166 valence electrons. The second-order valence-electron chi connectivity index (χ2n) is 7.46. The molecule has 1 saturated heterocycles. The summed E-state index contributed by atoms with van der Waals surface area (Å²) in [7, 11) is -3.74. The third kappa shape index (κ3) is 4.75. The average Bonchev–Trinajstić information content (AvgIpc) is 2.74. The van der Waals surface area contributed by atoms with E-state index in [2.05, 4.69) is 5.32 Å². The number of hydrogen-bond donors (Lipinski definition) is 1. The van der Waals surface area contributed by atoms with Crippen molar-refractivity contribution in [2.24, 2.45) is 0 Å². The van der Waals surface area contributed by atoms with Crippen molar-refractivity contribution in [3.8, 4) is 0 Å². The van der Waals surface area contributed by atoms with E-state index in [4.69, 9.17) is 0 Å². The number of rotatable bonds is 6. The SMILES string of the molecule is CCS(=O)(=O)N1CC(=O)N(c2ccc(F)cc2)[C@](C)(C(=O)NCc2ccc(F)cc2)C1. The van der Waals surface area contributed by atoms with Crippen LogP contribution in [0.4, 0.5) is 14.5 Å². The molecule has 1 N–H and O–H groups in total. The lowest BCUT2D eigenvalue weighted by atomic mass is 9.94. The minimum absolute atomic E-state index is 0.0562. The highest BCUT2D eigenvalue weighted by molar-refractivity contribution is 7.89. The van der Waals surface area contributed by atoms with Gasteiger partial charge in [-0.15, -0.1) is 0 Å². The van der Waals surface area contributed by atoms with Crippen LogP contribution in [0.2, 0.25) is 0 Å². The lowest BCUT2D eigenvalue weighted by Crippen LogP contribution is -2.70. The van der Waals surface area contributed by atoms with Gasteiger partial charge in [-0.05, 0) is 55.8 Å². The fraction of sp³-hybridized carbons (Fsp3) is 0.333. The number of amides is 2. The van der Waals surface area contributed by atoms with Crippen LogP contribution in [0.5, 0.6) is 0 Å². The monoisotopic (exact) mass is 451 g/mol. The second-order valence-corrected chi connectivity index (χ2v) is 9.71. The zero-order valence-electron chi connectivity index (χ0n) is 17.1. The fourth-order valence-corrected chi connectivity index (χ4v) is 4.63. The van der Waals surface area contributed by atoms with E-state index >= 15 is 0 Å². The van der Waals surface area contributed by atoms with Crippen molar-refractivity contribution in [2.75, 3.05) is 23.7 Å². The maximum atomic E-state index is 13.4. The molecule has 1 aliphatic rings. The van der Waals surface area contributed by atoms with Crippen molar-refractivity contribution in [1.82, 2.24) is 9.62 Å². The molecule has 0 spiro atoms. The third-order valence-electron chi connectivity index (χ3n) is 5.24. The molecule has 0 aliphatic carbocycles. The minimum atomic E-state index is -3.74. The van der Waals surface area contributed by atoms with Crippen LogP contribution < -0.4 is 10.2 Å². The van der Waals surface area contributed by atoms with Crippen molar-refractivity contribution < 1.29 is 26.8 Å². The predicted octanol–water partition coefficient (Wildman–Crippen LogP) is 2.04. The Hall–Kier alpha value is -2.85. The second kappa shape index (κ2) is 8.72. The van der Waals surface area contributed by atoms with E-state index in [1.54, 1.807) is 0 Å². The van der Waals surface area contributed by atoms with E-state index in [1.165, 1.54) is 55.1 Å². The molecule has 0 saturated carbocycles. The van der Waals surface area contributed by atoms with Gasteiger partial charge in [0.2, 0.25) is 21.8 Å². The van der Waals surface area contributed by atoms with Gasteiger partial charge in [-0.25, -0.2) is 17.2 Å². The molecule has 1 fully saturated rings. The number of sulfonamides is 1. The zero-order valence-corrected chi connectivity index (χ0v) is 18.0. The number of hydrogen-bond acceptors (Lipinski definition) is 4. The Balaban J connectivity index is 1.94. The molecule has 1 aliphatic heterocycles. The van der Waals surface area contributed by atoms with Gasteiger partial charge >= 0.3 is 0 Å². The fourth-order valence-electron chi connectivity index (χ4n) is 3.51. The van der Waals surface area contributed by atoms with Gasteiger partial charge in [0, 0.05) is 18.8 Å². The highest BCUT2D eigenvalue weighted by Gasteiger charge is 2.50. The van der Waals surface area contributed by atoms with E-state index in [1.807, 2.05) is 0 Å². The van der Waals surface area contributed by atoms with Crippen LogP contribution in [0.1, 0.15) is 19.4 Å². The third-order valence-corrected chi connectivity index (χ3v) is 7.01. The van der Waals surface area contributed by atoms with E-state index < -0.39 is 45.6 Å². The molecule has 0 radical (unpaired) electrons. The van der Waals surface area contributed by atoms with Crippen LogP contribution in [0, 0.1) is 11.6 Å². The minimum Gasteiger partial charge on any atom is -0.350 e. The summed E-state index contributed by atoms with van der Waals surface area (Å²) < 4.78 is 52.4. The number of nitrogens with zero attached hydrogens (tertiary/aromatic N) is 2. The average molecular weight is 451 g/mol. The Morgan fingerprint density at radius 1 is 1.06 bits per heavy atom. The van der Waals surface area contributed by atoms with Gasteiger partial charge in [-0.1, -0.05) is 12.1 Å². The maximum absolute atomic E-state index is 13.4. The normalized spacial score (nSPS) is 20.0. The number of carbonyl (C=O) groups excluding carboxylic acids is 2. The van der Waals surface area contributed by atoms with Crippen molar-refractivity contribution in [1.29, 1.82) is 0 Å². The van der Waals surface area contributed by atoms with Crippen LogP contribution in [0.15, 0.2) is 48.5 Å². The first kappa shape index (κ1) is 22.8. The Kier molecular flexibility index (Phi) is 6.42. The van der Waals surface area contributed by atoms with Gasteiger partial charge in [-0.2, -0.15) is 4.31 Å². The van der Waals surface area contributed by atoms with Gasteiger partial charge in [-0.3, -0.25) is 14.5 Å². The van der Waals surface area contributed by atoms with Gasteiger partial charge in [0.1, 0.15) is 17.2 Å². The molecule has 0 unspecified atom stereocenters. The largest absolute Gasteiger partial charge is 0.350 e. The first-order valence-electron chi connectivity index (χ1n) is 9.66. The summed E-state index contributed by atoms with van der Waals surface area (Å²) in [6, 6.07) is 10.6. The van der Waals surface area contributed by atoms with Gasteiger partial charge < -0.3 is 5.32 Å². The summed E-state index contributed by atoms with van der Waals surface area (Å²) >= 11 is 0. The Morgan fingerprint density at radius 3 is 2.16 bits per heavy atom. The highest BCUT2D eigenvalue weighted by atomic mass is 32.2. The number of piperazine rings is 1. The standard InChI is InChI=1S/C21H23F2N3O4S/c1-3-31(29,30)25-13-19(27)26(18-10-8-17(23)9-11-18)21(2,14-25)20(28)24-12-15-4-6-16(22)7-5-15/h4-11H,3,12-14H2,1-2H3,(H,24,28)/t21-/m0/s1. The van der Waals surface area contributed by atoms with Crippen molar-refractivity contribution in [3.63, 3.8) is 0 Å². The van der Waals surface area contributed by atoms with Crippen LogP contribution in [0.3, 0.4) is 0 Å². The molecular formula is C21H23F2N3O4S.